The number of nitrogens with zero attached hydrogens (tertiary/aromatic N) is 2. The predicted molar refractivity (Wildman–Crippen MR) is 72.4 cm³/mol. The van der Waals surface area contributed by atoms with E-state index in [9.17, 15) is 4.79 Å². The van der Waals surface area contributed by atoms with Crippen LogP contribution in [-0.4, -0.2) is 68.7 Å². The SMILES string of the molecule is COC(=O)CCCCCN1CCN(CCN)CC1. The standard InChI is InChI=1S/C13H27N3O2/c1-18-13(17)5-3-2-4-7-15-9-11-16(8-6-14)12-10-15/h2-12,14H2,1H3. The van der Waals surface area contributed by atoms with Gasteiger partial charge in [-0.15, -0.1) is 0 Å². The molecule has 0 aliphatic carbocycles. The molecule has 1 rings (SSSR count). The summed E-state index contributed by atoms with van der Waals surface area (Å²) >= 11 is 0. The number of hydrogen-bond acceptors (Lipinski definition) is 5. The molecule has 1 saturated heterocycles. The van der Waals surface area contributed by atoms with Gasteiger partial charge >= 0.3 is 5.97 Å². The molecule has 5 nitrogen and oxygen atoms in total. The molecule has 1 fully saturated rings. The van der Waals surface area contributed by atoms with E-state index < -0.39 is 0 Å². The number of carbonyl (C=O) groups excluding carboxylic acids is 1. The number of nitrogens with two attached hydrogens (primary N) is 1. The molecule has 106 valence electrons. The van der Waals surface area contributed by atoms with Gasteiger partial charge in [-0.25, -0.2) is 0 Å². The summed E-state index contributed by atoms with van der Waals surface area (Å²) in [7, 11) is 1.45. The molecule has 0 saturated carbocycles. The number of methoxy groups -OCH3 is 1. The lowest BCUT2D eigenvalue weighted by Crippen LogP contribution is -2.47. The van der Waals surface area contributed by atoms with E-state index in [-0.39, 0.29) is 5.97 Å². The van der Waals surface area contributed by atoms with Crippen LogP contribution < -0.4 is 5.73 Å². The Hall–Kier alpha value is -0.650. The molecule has 0 spiro atoms. The average molecular weight is 257 g/mol. The van der Waals surface area contributed by atoms with Crippen molar-refractivity contribution < 1.29 is 9.53 Å². The molecular formula is C13H27N3O2. The van der Waals surface area contributed by atoms with E-state index in [0.29, 0.717) is 6.42 Å². The molecular weight excluding hydrogens is 230 g/mol. The van der Waals surface area contributed by atoms with Gasteiger partial charge in [-0.05, 0) is 19.4 Å². The maximum atomic E-state index is 10.9. The first-order chi connectivity index (χ1) is 8.76. The summed E-state index contributed by atoms with van der Waals surface area (Å²) in [6.07, 6.45) is 3.78. The van der Waals surface area contributed by atoms with Gasteiger partial charge in [-0.3, -0.25) is 9.69 Å². The van der Waals surface area contributed by atoms with Crippen molar-refractivity contribution in [1.82, 2.24) is 9.80 Å². The van der Waals surface area contributed by atoms with Gasteiger partial charge in [0.1, 0.15) is 0 Å². The molecule has 0 bridgehead atoms. The second kappa shape index (κ2) is 9.30. The van der Waals surface area contributed by atoms with E-state index in [1.54, 1.807) is 0 Å². The summed E-state index contributed by atoms with van der Waals surface area (Å²) < 4.78 is 4.62. The van der Waals surface area contributed by atoms with Crippen LogP contribution in [0.4, 0.5) is 0 Å². The normalized spacial score (nSPS) is 17.9. The third-order valence-corrected chi connectivity index (χ3v) is 3.49. The number of esters is 1. The van der Waals surface area contributed by atoms with Crippen LogP contribution in [0.1, 0.15) is 25.7 Å². The van der Waals surface area contributed by atoms with Gasteiger partial charge in [0.2, 0.25) is 0 Å². The van der Waals surface area contributed by atoms with Crippen molar-refractivity contribution in [3.8, 4) is 0 Å². The van der Waals surface area contributed by atoms with Crippen LogP contribution in [0.5, 0.6) is 0 Å². The quantitative estimate of drug-likeness (QED) is 0.500. The fraction of sp³-hybridized carbons (Fsp3) is 0.923. The fourth-order valence-electron chi connectivity index (χ4n) is 2.30. The first-order valence-electron chi connectivity index (χ1n) is 6.98. The molecule has 2 N–H and O–H groups in total. The van der Waals surface area contributed by atoms with Gasteiger partial charge in [0, 0.05) is 45.7 Å². The molecule has 18 heavy (non-hydrogen) atoms. The zero-order chi connectivity index (χ0) is 13.2. The lowest BCUT2D eigenvalue weighted by molar-refractivity contribution is -0.140. The number of carbonyl (C=O) groups is 1. The van der Waals surface area contributed by atoms with E-state index in [1.807, 2.05) is 0 Å². The average Bonchev–Trinajstić information content (AvgIpc) is 2.40. The Kier molecular flexibility index (Phi) is 7.96. The van der Waals surface area contributed by atoms with Crippen molar-refractivity contribution >= 4 is 5.97 Å². The first kappa shape index (κ1) is 15.4. The smallest absolute Gasteiger partial charge is 0.305 e. The van der Waals surface area contributed by atoms with Gasteiger partial charge in [0.05, 0.1) is 7.11 Å². The van der Waals surface area contributed by atoms with Crippen LogP contribution in [0, 0.1) is 0 Å². The van der Waals surface area contributed by atoms with Crippen LogP contribution in [-0.2, 0) is 9.53 Å². The van der Waals surface area contributed by atoms with Crippen molar-refractivity contribution in [3.05, 3.63) is 0 Å². The molecule has 5 heteroatoms. The largest absolute Gasteiger partial charge is 0.469 e. The maximum Gasteiger partial charge on any atom is 0.305 e. The Morgan fingerprint density at radius 2 is 1.67 bits per heavy atom. The van der Waals surface area contributed by atoms with Gasteiger partial charge in [-0.2, -0.15) is 0 Å². The summed E-state index contributed by atoms with van der Waals surface area (Å²) in [6.45, 7) is 7.50. The number of rotatable bonds is 8. The van der Waals surface area contributed by atoms with E-state index in [0.717, 1.165) is 58.7 Å². The van der Waals surface area contributed by atoms with Gasteiger partial charge < -0.3 is 15.4 Å². The molecule has 1 aliphatic rings. The molecule has 1 heterocycles. The van der Waals surface area contributed by atoms with Crippen LogP contribution in [0.15, 0.2) is 0 Å². The molecule has 0 amide bonds. The van der Waals surface area contributed by atoms with Crippen molar-refractivity contribution in [2.24, 2.45) is 5.73 Å². The van der Waals surface area contributed by atoms with Crippen LogP contribution in [0.3, 0.4) is 0 Å². The lowest BCUT2D eigenvalue weighted by Gasteiger charge is -2.34. The van der Waals surface area contributed by atoms with Crippen LogP contribution in [0.2, 0.25) is 0 Å². The Morgan fingerprint density at radius 3 is 2.22 bits per heavy atom. The summed E-state index contributed by atoms with van der Waals surface area (Å²) in [5.41, 5.74) is 5.55. The Balaban J connectivity index is 1.96. The van der Waals surface area contributed by atoms with Gasteiger partial charge in [0.25, 0.3) is 0 Å². The minimum atomic E-state index is -0.0922. The summed E-state index contributed by atoms with van der Waals surface area (Å²) in [4.78, 5) is 15.9. The second-order valence-corrected chi connectivity index (χ2v) is 4.86. The number of hydrogen-bond donors (Lipinski definition) is 1. The van der Waals surface area contributed by atoms with Gasteiger partial charge in [0.15, 0.2) is 0 Å². The van der Waals surface area contributed by atoms with Crippen molar-refractivity contribution in [2.45, 2.75) is 25.7 Å². The molecule has 0 radical (unpaired) electrons. The Morgan fingerprint density at radius 1 is 1.06 bits per heavy atom. The summed E-state index contributed by atoms with van der Waals surface area (Å²) in [6, 6.07) is 0. The molecule has 0 aromatic rings. The predicted octanol–water partition coefficient (Wildman–Crippen LogP) is 0.296. The van der Waals surface area contributed by atoms with E-state index >= 15 is 0 Å². The molecule has 0 aromatic carbocycles. The van der Waals surface area contributed by atoms with E-state index in [4.69, 9.17) is 5.73 Å². The highest BCUT2D eigenvalue weighted by Gasteiger charge is 2.15. The highest BCUT2D eigenvalue weighted by molar-refractivity contribution is 5.68. The number of ether oxygens (including phenoxy) is 1. The topological polar surface area (TPSA) is 58.8 Å². The fourth-order valence-corrected chi connectivity index (χ4v) is 2.30. The Bertz CT molecular complexity index is 228. The number of piperazine rings is 1. The molecule has 0 unspecified atom stereocenters. The van der Waals surface area contributed by atoms with E-state index in [2.05, 4.69) is 14.5 Å². The maximum absolute atomic E-state index is 10.9. The zero-order valence-corrected chi connectivity index (χ0v) is 11.6. The molecule has 0 atom stereocenters. The van der Waals surface area contributed by atoms with E-state index in [1.165, 1.54) is 13.5 Å². The van der Waals surface area contributed by atoms with Crippen LogP contribution >= 0.6 is 0 Å². The zero-order valence-electron chi connectivity index (χ0n) is 11.6. The second-order valence-electron chi connectivity index (χ2n) is 4.86. The molecule has 0 aromatic heterocycles. The highest BCUT2D eigenvalue weighted by Crippen LogP contribution is 2.06. The third kappa shape index (κ3) is 6.33. The third-order valence-electron chi connectivity index (χ3n) is 3.49. The van der Waals surface area contributed by atoms with Crippen molar-refractivity contribution in [1.29, 1.82) is 0 Å². The summed E-state index contributed by atoms with van der Waals surface area (Å²) in [5, 5.41) is 0. The highest BCUT2D eigenvalue weighted by atomic mass is 16.5. The van der Waals surface area contributed by atoms with Gasteiger partial charge in [-0.1, -0.05) is 6.42 Å². The number of unbranched alkanes of at least 4 members (excludes halogenated alkanes) is 2. The minimum absolute atomic E-state index is 0.0922. The van der Waals surface area contributed by atoms with Crippen LogP contribution in [0.25, 0.3) is 0 Å². The van der Waals surface area contributed by atoms with Crippen molar-refractivity contribution in [2.75, 3.05) is 52.9 Å². The monoisotopic (exact) mass is 257 g/mol. The first-order valence-corrected chi connectivity index (χ1v) is 6.98. The van der Waals surface area contributed by atoms with Crippen molar-refractivity contribution in [3.63, 3.8) is 0 Å². The Labute approximate surface area is 110 Å². The lowest BCUT2D eigenvalue weighted by atomic mass is 10.2. The minimum Gasteiger partial charge on any atom is -0.469 e. The molecule has 1 aliphatic heterocycles. The summed E-state index contributed by atoms with van der Waals surface area (Å²) in [5.74, 6) is -0.0922.